The van der Waals surface area contributed by atoms with E-state index in [-0.39, 0.29) is 6.61 Å². The van der Waals surface area contributed by atoms with Crippen LogP contribution in [0.3, 0.4) is 0 Å². The standard InChI is InChI=1S/C17H15ClN2O5S/c18-13-7-5-12(6-8-13)9-10-26(22,23)20-19-17(21)16-11-24-14-3-1-2-4-15(14)25-16/h1-10,16,20H,11H2,(H,19,21)/b10-9+/t16-/m1/s1. The molecule has 9 heteroatoms. The number of carbonyl (C=O) groups is 1. The number of hydrogen-bond donors (Lipinski definition) is 2. The minimum atomic E-state index is -3.88. The molecule has 0 unspecified atom stereocenters. The molecule has 2 aromatic carbocycles. The predicted molar refractivity (Wildman–Crippen MR) is 97.0 cm³/mol. The van der Waals surface area contributed by atoms with E-state index < -0.39 is 22.0 Å². The average molecular weight is 395 g/mol. The maximum Gasteiger partial charge on any atom is 0.279 e. The summed E-state index contributed by atoms with van der Waals surface area (Å²) in [5, 5.41) is 1.48. The molecule has 1 heterocycles. The molecule has 0 fully saturated rings. The molecule has 0 aliphatic carbocycles. The Labute approximate surface area is 155 Å². The van der Waals surface area contributed by atoms with Crippen LogP contribution in [-0.2, 0) is 14.8 Å². The van der Waals surface area contributed by atoms with Gasteiger partial charge in [0.25, 0.3) is 15.9 Å². The van der Waals surface area contributed by atoms with Gasteiger partial charge in [-0.2, -0.15) is 0 Å². The van der Waals surface area contributed by atoms with Gasteiger partial charge in [0, 0.05) is 10.4 Å². The molecule has 0 saturated heterocycles. The molecule has 2 N–H and O–H groups in total. The molecule has 136 valence electrons. The number of hydrogen-bond acceptors (Lipinski definition) is 5. The fourth-order valence-electron chi connectivity index (χ4n) is 2.13. The molecule has 0 radical (unpaired) electrons. The molecule has 26 heavy (non-hydrogen) atoms. The van der Waals surface area contributed by atoms with Crippen molar-refractivity contribution < 1.29 is 22.7 Å². The Kier molecular flexibility index (Phi) is 5.46. The minimum absolute atomic E-state index is 0.0226. The Bertz CT molecular complexity index is 928. The van der Waals surface area contributed by atoms with Crippen LogP contribution >= 0.6 is 11.6 Å². The van der Waals surface area contributed by atoms with E-state index in [9.17, 15) is 13.2 Å². The van der Waals surface area contributed by atoms with Gasteiger partial charge in [-0.15, -0.1) is 4.83 Å². The van der Waals surface area contributed by atoms with E-state index in [1.54, 1.807) is 48.5 Å². The highest BCUT2D eigenvalue weighted by Crippen LogP contribution is 2.30. The van der Waals surface area contributed by atoms with E-state index in [0.29, 0.717) is 22.1 Å². The van der Waals surface area contributed by atoms with Crippen molar-refractivity contribution in [3.8, 4) is 11.5 Å². The van der Waals surface area contributed by atoms with E-state index in [1.165, 1.54) is 6.08 Å². The molecule has 0 spiro atoms. The molecule has 3 rings (SSSR count). The van der Waals surface area contributed by atoms with Crippen LogP contribution in [0, 0.1) is 0 Å². The van der Waals surface area contributed by atoms with Gasteiger partial charge in [0.2, 0.25) is 6.10 Å². The number of rotatable bonds is 5. The van der Waals surface area contributed by atoms with E-state index >= 15 is 0 Å². The number of amides is 1. The third kappa shape index (κ3) is 4.75. The van der Waals surface area contributed by atoms with E-state index in [2.05, 4.69) is 5.43 Å². The molecular weight excluding hydrogens is 380 g/mol. The third-order valence-corrected chi connectivity index (χ3v) is 4.56. The lowest BCUT2D eigenvalue weighted by Gasteiger charge is -2.25. The Balaban J connectivity index is 1.56. The van der Waals surface area contributed by atoms with Gasteiger partial charge >= 0.3 is 0 Å². The molecule has 7 nitrogen and oxygen atoms in total. The van der Waals surface area contributed by atoms with Gasteiger partial charge in [-0.3, -0.25) is 10.2 Å². The van der Waals surface area contributed by atoms with Crippen LogP contribution in [0.25, 0.3) is 6.08 Å². The smallest absolute Gasteiger partial charge is 0.279 e. The molecule has 2 aromatic rings. The Morgan fingerprint density at radius 2 is 1.81 bits per heavy atom. The third-order valence-electron chi connectivity index (χ3n) is 3.43. The molecule has 1 atom stereocenters. The number of halogens is 1. The van der Waals surface area contributed by atoms with Gasteiger partial charge in [-0.05, 0) is 35.9 Å². The molecule has 1 aliphatic rings. The molecular formula is C17H15ClN2O5S. The number of sulfonamides is 1. The number of carbonyl (C=O) groups excluding carboxylic acids is 1. The fourth-order valence-corrected chi connectivity index (χ4v) is 2.90. The van der Waals surface area contributed by atoms with Crippen molar-refractivity contribution >= 4 is 33.6 Å². The van der Waals surface area contributed by atoms with Crippen LogP contribution in [0.4, 0.5) is 0 Å². The normalized spacial score (nSPS) is 16.4. The van der Waals surface area contributed by atoms with Crippen molar-refractivity contribution in [3.05, 3.63) is 64.5 Å². The lowest BCUT2D eigenvalue weighted by molar-refractivity contribution is -0.130. The van der Waals surface area contributed by atoms with Crippen LogP contribution in [0.5, 0.6) is 11.5 Å². The highest BCUT2D eigenvalue weighted by atomic mass is 35.5. The van der Waals surface area contributed by atoms with Gasteiger partial charge in [0.1, 0.15) is 6.61 Å². The van der Waals surface area contributed by atoms with Gasteiger partial charge in [-0.25, -0.2) is 8.42 Å². The molecule has 0 aromatic heterocycles. The lowest BCUT2D eigenvalue weighted by Crippen LogP contribution is -2.50. The quantitative estimate of drug-likeness (QED) is 0.757. The molecule has 1 aliphatic heterocycles. The second kappa shape index (κ2) is 7.77. The van der Waals surface area contributed by atoms with Crippen molar-refractivity contribution in [2.24, 2.45) is 0 Å². The number of benzene rings is 2. The summed E-state index contributed by atoms with van der Waals surface area (Å²) in [6.45, 7) is -0.0226. The highest BCUT2D eigenvalue weighted by molar-refractivity contribution is 7.92. The van der Waals surface area contributed by atoms with Gasteiger partial charge in [-0.1, -0.05) is 35.9 Å². The zero-order valence-corrected chi connectivity index (χ0v) is 15.0. The fraction of sp³-hybridized carbons (Fsp3) is 0.118. The average Bonchev–Trinajstić information content (AvgIpc) is 2.65. The second-order valence-corrected chi connectivity index (χ2v) is 7.36. The van der Waals surface area contributed by atoms with Crippen LogP contribution in [0.1, 0.15) is 5.56 Å². The van der Waals surface area contributed by atoms with Crippen molar-refractivity contribution in [1.29, 1.82) is 0 Å². The van der Waals surface area contributed by atoms with Crippen molar-refractivity contribution in [2.75, 3.05) is 6.61 Å². The first-order valence-electron chi connectivity index (χ1n) is 7.57. The maximum absolute atomic E-state index is 12.1. The molecule has 1 amide bonds. The van der Waals surface area contributed by atoms with Crippen LogP contribution in [0.2, 0.25) is 5.02 Å². The van der Waals surface area contributed by atoms with Crippen molar-refractivity contribution in [2.45, 2.75) is 6.10 Å². The van der Waals surface area contributed by atoms with E-state index in [0.717, 1.165) is 5.41 Å². The Morgan fingerprint density at radius 1 is 1.12 bits per heavy atom. The summed E-state index contributed by atoms with van der Waals surface area (Å²) in [5.74, 6) is 0.287. The van der Waals surface area contributed by atoms with Crippen LogP contribution in [-0.4, -0.2) is 27.0 Å². The van der Waals surface area contributed by atoms with E-state index in [1.807, 2.05) is 4.83 Å². The van der Waals surface area contributed by atoms with Crippen molar-refractivity contribution in [1.82, 2.24) is 10.3 Å². The maximum atomic E-state index is 12.1. The zero-order chi connectivity index (χ0) is 18.6. The number of hydrazine groups is 1. The summed E-state index contributed by atoms with van der Waals surface area (Å²) in [6.07, 6.45) is 0.411. The summed E-state index contributed by atoms with van der Waals surface area (Å²) in [7, 11) is -3.88. The highest BCUT2D eigenvalue weighted by Gasteiger charge is 2.27. The number of ether oxygens (including phenoxy) is 2. The number of nitrogens with one attached hydrogen (secondary N) is 2. The SMILES string of the molecule is O=C(NNS(=O)(=O)/C=C/c1ccc(Cl)cc1)[C@H]1COc2ccccc2O1. The largest absolute Gasteiger partial charge is 0.485 e. The molecule has 0 saturated carbocycles. The first kappa shape index (κ1) is 18.2. The van der Waals surface area contributed by atoms with E-state index in [4.69, 9.17) is 21.1 Å². The summed E-state index contributed by atoms with van der Waals surface area (Å²) in [4.78, 5) is 14.1. The number of para-hydroxylation sites is 2. The predicted octanol–water partition coefficient (Wildman–Crippen LogP) is 2.10. The summed E-state index contributed by atoms with van der Waals surface area (Å²) >= 11 is 5.77. The Hall–Kier alpha value is -2.55. The summed E-state index contributed by atoms with van der Waals surface area (Å²) < 4.78 is 34.8. The summed E-state index contributed by atoms with van der Waals surface area (Å²) in [6, 6.07) is 13.5. The topological polar surface area (TPSA) is 93.7 Å². The monoisotopic (exact) mass is 394 g/mol. The van der Waals surface area contributed by atoms with Crippen molar-refractivity contribution in [3.63, 3.8) is 0 Å². The second-order valence-electron chi connectivity index (χ2n) is 5.35. The minimum Gasteiger partial charge on any atom is -0.485 e. The summed E-state index contributed by atoms with van der Waals surface area (Å²) in [5.41, 5.74) is 2.76. The van der Waals surface area contributed by atoms with Crippen LogP contribution in [0.15, 0.2) is 53.9 Å². The number of fused-ring (bicyclic) bond motifs is 1. The molecule has 0 bridgehead atoms. The Morgan fingerprint density at radius 3 is 2.54 bits per heavy atom. The first-order valence-corrected chi connectivity index (χ1v) is 9.49. The first-order chi connectivity index (χ1) is 12.4. The zero-order valence-electron chi connectivity index (χ0n) is 13.4. The van der Waals surface area contributed by atoms with Gasteiger partial charge in [0.15, 0.2) is 11.5 Å². The van der Waals surface area contributed by atoms with Gasteiger partial charge < -0.3 is 9.47 Å². The van der Waals surface area contributed by atoms with Crippen LogP contribution < -0.4 is 19.7 Å². The lowest BCUT2D eigenvalue weighted by atomic mass is 10.2. The van der Waals surface area contributed by atoms with Gasteiger partial charge in [0.05, 0.1) is 0 Å².